The highest BCUT2D eigenvalue weighted by Gasteiger charge is 2.66. The summed E-state index contributed by atoms with van der Waals surface area (Å²) >= 11 is 0. The third kappa shape index (κ3) is 3.76. The lowest BCUT2D eigenvalue weighted by Gasteiger charge is -2.29. The summed E-state index contributed by atoms with van der Waals surface area (Å²) in [6.45, 7) is -0.342. The van der Waals surface area contributed by atoms with Gasteiger partial charge in [-0.3, -0.25) is 25.0 Å². The molecule has 2 aromatic rings. The first kappa shape index (κ1) is 22.0. The van der Waals surface area contributed by atoms with Crippen LogP contribution in [0.5, 0.6) is 0 Å². The van der Waals surface area contributed by atoms with Crippen LogP contribution in [0, 0.1) is 11.8 Å². The maximum absolute atomic E-state index is 12.9. The zero-order chi connectivity index (χ0) is 23.1. The van der Waals surface area contributed by atoms with Gasteiger partial charge in [-0.2, -0.15) is 13.2 Å². The average molecular weight is 448 g/mol. The number of ether oxygens (including phenoxy) is 1. The van der Waals surface area contributed by atoms with Crippen molar-refractivity contribution in [1.29, 1.82) is 0 Å². The van der Waals surface area contributed by atoms with Crippen LogP contribution in [0.2, 0.25) is 0 Å². The van der Waals surface area contributed by atoms with Gasteiger partial charge in [0.15, 0.2) is 5.54 Å². The Morgan fingerprint density at radius 1 is 1.03 bits per heavy atom. The largest absolute Gasteiger partial charge is 0.480 e. The van der Waals surface area contributed by atoms with Crippen LogP contribution in [0.4, 0.5) is 13.2 Å². The molecular weight excluding hydrogens is 429 g/mol. The smallest absolute Gasteiger partial charge is 0.416 e. The number of fused-ring (bicyclic) bond motifs is 1. The molecule has 10 heteroatoms. The van der Waals surface area contributed by atoms with Gasteiger partial charge < -0.3 is 9.84 Å². The molecule has 2 saturated heterocycles. The van der Waals surface area contributed by atoms with E-state index in [1.165, 1.54) is 12.1 Å². The van der Waals surface area contributed by atoms with E-state index in [0.29, 0.717) is 0 Å². The van der Waals surface area contributed by atoms with E-state index in [0.717, 1.165) is 17.7 Å². The number of imide groups is 1. The zero-order valence-electron chi connectivity index (χ0n) is 16.6. The quantitative estimate of drug-likeness (QED) is 0.586. The second kappa shape index (κ2) is 8.03. The zero-order valence-corrected chi connectivity index (χ0v) is 16.6. The molecule has 2 fully saturated rings. The number of aliphatic carboxylic acids is 1. The Balaban J connectivity index is 1.64. The van der Waals surface area contributed by atoms with E-state index in [-0.39, 0.29) is 12.2 Å². The van der Waals surface area contributed by atoms with Crippen LogP contribution >= 0.6 is 0 Å². The Morgan fingerprint density at radius 3 is 2.28 bits per heavy atom. The van der Waals surface area contributed by atoms with Crippen molar-refractivity contribution in [3.8, 4) is 0 Å². The molecule has 0 saturated carbocycles. The molecule has 4 atom stereocenters. The minimum atomic E-state index is -4.54. The summed E-state index contributed by atoms with van der Waals surface area (Å²) in [5.41, 5.74) is -1.75. The predicted octanol–water partition coefficient (Wildman–Crippen LogP) is 2.28. The summed E-state index contributed by atoms with van der Waals surface area (Å²) in [7, 11) is 0. The maximum atomic E-state index is 12.9. The molecule has 0 bridgehead atoms. The van der Waals surface area contributed by atoms with E-state index >= 15 is 0 Å². The lowest BCUT2D eigenvalue weighted by atomic mass is 9.79. The Bertz CT molecular complexity index is 1040. The molecule has 0 radical (unpaired) electrons. The number of rotatable bonds is 6. The van der Waals surface area contributed by atoms with Gasteiger partial charge >= 0.3 is 12.1 Å². The van der Waals surface area contributed by atoms with Gasteiger partial charge in [-0.15, -0.1) is 0 Å². The van der Waals surface area contributed by atoms with Crippen LogP contribution in [0.3, 0.4) is 0 Å². The van der Waals surface area contributed by atoms with Gasteiger partial charge in [-0.05, 0) is 23.3 Å². The summed E-state index contributed by atoms with van der Waals surface area (Å²) in [6.07, 6.45) is -4.54. The second-order valence-electron chi connectivity index (χ2n) is 7.85. The van der Waals surface area contributed by atoms with Crippen molar-refractivity contribution in [3.05, 3.63) is 71.3 Å². The highest BCUT2D eigenvalue weighted by atomic mass is 19.4. The van der Waals surface area contributed by atoms with Crippen LogP contribution < -0.4 is 10.6 Å². The van der Waals surface area contributed by atoms with Gasteiger partial charge in [0.2, 0.25) is 11.8 Å². The topological polar surface area (TPSA) is 105 Å². The Hall–Kier alpha value is -3.24. The van der Waals surface area contributed by atoms with Gasteiger partial charge in [0, 0.05) is 6.04 Å². The molecule has 4 rings (SSSR count). The lowest BCUT2D eigenvalue weighted by Crippen LogP contribution is -2.58. The van der Waals surface area contributed by atoms with Crippen molar-refractivity contribution < 1.29 is 37.4 Å². The molecule has 2 amide bonds. The van der Waals surface area contributed by atoms with Crippen molar-refractivity contribution in [2.45, 2.75) is 24.4 Å². The number of carbonyl (C=O) groups is 3. The number of hydrogen-bond donors (Lipinski definition) is 3. The number of amides is 2. The number of benzene rings is 2. The highest BCUT2D eigenvalue weighted by Crippen LogP contribution is 2.46. The molecule has 32 heavy (non-hydrogen) atoms. The maximum Gasteiger partial charge on any atom is 0.416 e. The van der Waals surface area contributed by atoms with Crippen molar-refractivity contribution >= 4 is 17.8 Å². The van der Waals surface area contributed by atoms with Crippen molar-refractivity contribution in [1.82, 2.24) is 10.6 Å². The Labute approximate surface area is 180 Å². The van der Waals surface area contributed by atoms with E-state index in [4.69, 9.17) is 4.74 Å². The van der Waals surface area contributed by atoms with Gasteiger partial charge in [0.1, 0.15) is 0 Å². The average Bonchev–Trinajstić information content (AvgIpc) is 3.25. The summed E-state index contributed by atoms with van der Waals surface area (Å²) in [5.74, 6) is -5.21. The molecule has 2 aliphatic heterocycles. The summed E-state index contributed by atoms with van der Waals surface area (Å²) in [4.78, 5) is 37.4. The van der Waals surface area contributed by atoms with Crippen molar-refractivity contribution in [3.63, 3.8) is 0 Å². The fourth-order valence-electron chi connectivity index (χ4n) is 4.39. The van der Waals surface area contributed by atoms with Gasteiger partial charge in [-0.1, -0.05) is 42.5 Å². The van der Waals surface area contributed by atoms with Crippen LogP contribution in [0.1, 0.15) is 22.7 Å². The molecule has 0 aromatic heterocycles. The number of hydrogen-bond acceptors (Lipinski definition) is 5. The van der Waals surface area contributed by atoms with E-state index < -0.39 is 59.5 Å². The normalized spacial score (nSPS) is 27.3. The van der Waals surface area contributed by atoms with Gasteiger partial charge in [0.05, 0.1) is 30.6 Å². The SMILES string of the molecule is O=C1NC(=O)C2C1C(c1ccc(C(F)(F)F)cc1)NC2(COCc1ccccc1)C(=O)O. The number of alkyl halides is 3. The fraction of sp³-hybridized carbons (Fsp3) is 0.318. The van der Waals surface area contributed by atoms with E-state index in [9.17, 15) is 32.7 Å². The summed E-state index contributed by atoms with van der Waals surface area (Å²) < 4.78 is 44.4. The van der Waals surface area contributed by atoms with Crippen LogP contribution in [-0.2, 0) is 31.9 Å². The number of carboxylic acid groups (broad SMARTS) is 1. The molecule has 168 valence electrons. The number of halogens is 3. The summed E-state index contributed by atoms with van der Waals surface area (Å²) in [6, 6.07) is 12.1. The van der Waals surface area contributed by atoms with E-state index in [1.54, 1.807) is 24.3 Å². The predicted molar refractivity (Wildman–Crippen MR) is 104 cm³/mol. The first-order valence-corrected chi connectivity index (χ1v) is 9.78. The van der Waals surface area contributed by atoms with Crippen molar-refractivity contribution in [2.24, 2.45) is 11.8 Å². The molecular formula is C22H19F3N2O5. The molecule has 3 N–H and O–H groups in total. The van der Waals surface area contributed by atoms with Crippen molar-refractivity contribution in [2.75, 3.05) is 6.61 Å². The van der Waals surface area contributed by atoms with E-state index in [2.05, 4.69) is 10.6 Å². The minimum absolute atomic E-state index is 0.0788. The fourth-order valence-corrected chi connectivity index (χ4v) is 4.39. The molecule has 0 aliphatic carbocycles. The third-order valence-electron chi connectivity index (χ3n) is 5.91. The number of carbonyl (C=O) groups excluding carboxylic acids is 2. The molecule has 2 aliphatic rings. The minimum Gasteiger partial charge on any atom is -0.480 e. The van der Waals surface area contributed by atoms with Gasteiger partial charge in [0.25, 0.3) is 0 Å². The lowest BCUT2D eigenvalue weighted by molar-refractivity contribution is -0.152. The highest BCUT2D eigenvalue weighted by molar-refractivity contribution is 6.09. The van der Waals surface area contributed by atoms with E-state index in [1.807, 2.05) is 6.07 Å². The van der Waals surface area contributed by atoms with Gasteiger partial charge in [-0.25, -0.2) is 0 Å². The second-order valence-corrected chi connectivity index (χ2v) is 7.85. The third-order valence-corrected chi connectivity index (χ3v) is 5.91. The number of carboxylic acids is 1. The van der Waals surface area contributed by atoms with Crippen LogP contribution in [0.15, 0.2) is 54.6 Å². The molecule has 0 spiro atoms. The first-order chi connectivity index (χ1) is 15.1. The first-order valence-electron chi connectivity index (χ1n) is 9.78. The molecule has 4 unspecified atom stereocenters. The van der Waals surface area contributed by atoms with Crippen LogP contribution in [-0.4, -0.2) is 35.0 Å². The molecule has 7 nitrogen and oxygen atoms in total. The Kier molecular flexibility index (Phi) is 5.51. The molecule has 2 aromatic carbocycles. The number of nitrogens with one attached hydrogen (secondary N) is 2. The Morgan fingerprint density at radius 2 is 1.69 bits per heavy atom. The summed E-state index contributed by atoms with van der Waals surface area (Å²) in [5, 5.41) is 15.0. The molecule has 2 heterocycles. The monoisotopic (exact) mass is 448 g/mol. The van der Waals surface area contributed by atoms with Crippen LogP contribution in [0.25, 0.3) is 0 Å². The standard InChI is InChI=1S/C22H19F3N2O5/c23-22(24,25)14-8-6-13(7-9-14)17-15-16(19(29)26-18(15)28)21(27-17,20(30)31)11-32-10-12-4-2-1-3-5-12/h1-9,15-17,27H,10-11H2,(H,30,31)(H,26,28,29).